The van der Waals surface area contributed by atoms with E-state index in [0.717, 1.165) is 5.56 Å². The summed E-state index contributed by atoms with van der Waals surface area (Å²) in [5.74, 6) is 0.699. The number of anilines is 2. The lowest BCUT2D eigenvalue weighted by atomic mass is 10.1. The number of amides is 2. The Morgan fingerprint density at radius 3 is 2.21 bits per heavy atom. The van der Waals surface area contributed by atoms with Crippen LogP contribution in [0, 0.1) is 5.92 Å². The zero-order chi connectivity index (χ0) is 23.6. The molecule has 3 N–H and O–H groups in total. The Morgan fingerprint density at radius 1 is 0.879 bits per heavy atom. The van der Waals surface area contributed by atoms with E-state index in [1.165, 1.54) is 0 Å². The van der Waals surface area contributed by atoms with Gasteiger partial charge in [0, 0.05) is 16.9 Å². The average molecular weight is 462 g/mol. The van der Waals surface area contributed by atoms with Crippen LogP contribution in [0.4, 0.5) is 11.4 Å². The summed E-state index contributed by atoms with van der Waals surface area (Å²) in [6.07, 6.45) is 0.286. The number of nitrogens with one attached hydrogen (secondary N) is 3. The third-order valence-electron chi connectivity index (χ3n) is 4.54. The van der Waals surface area contributed by atoms with Crippen molar-refractivity contribution in [3.8, 4) is 5.75 Å². The van der Waals surface area contributed by atoms with Crippen molar-refractivity contribution in [3.05, 3.63) is 90.0 Å². The minimum absolute atomic E-state index is 0.116. The first-order valence-corrected chi connectivity index (χ1v) is 11.1. The lowest BCUT2D eigenvalue weighted by molar-refractivity contribution is -0.115. The van der Waals surface area contributed by atoms with E-state index in [-0.39, 0.29) is 23.3 Å². The van der Waals surface area contributed by atoms with E-state index in [4.69, 9.17) is 17.0 Å². The molecule has 2 amide bonds. The van der Waals surface area contributed by atoms with Crippen LogP contribution in [0.2, 0.25) is 0 Å². The highest BCUT2D eigenvalue weighted by Gasteiger charge is 2.10. The number of benzene rings is 3. The number of hydrogen-bond acceptors (Lipinski definition) is 4. The first-order chi connectivity index (χ1) is 15.9. The molecule has 0 heterocycles. The van der Waals surface area contributed by atoms with Crippen LogP contribution in [0.3, 0.4) is 0 Å². The van der Waals surface area contributed by atoms with E-state index < -0.39 is 0 Å². The van der Waals surface area contributed by atoms with E-state index in [1.54, 1.807) is 48.5 Å². The van der Waals surface area contributed by atoms with Gasteiger partial charge in [0.25, 0.3) is 5.91 Å². The van der Waals surface area contributed by atoms with Gasteiger partial charge in [0.1, 0.15) is 5.75 Å². The third-order valence-corrected chi connectivity index (χ3v) is 4.74. The summed E-state index contributed by atoms with van der Waals surface area (Å²) in [5.41, 5.74) is 2.69. The number of rotatable bonds is 8. The SMILES string of the molecule is CC(C)COc1ccc(C(=O)NC(=S)Nc2cccc(NC(=O)Cc3ccccc3)c2)cc1. The van der Waals surface area contributed by atoms with Crippen molar-refractivity contribution in [2.24, 2.45) is 5.92 Å². The van der Waals surface area contributed by atoms with Crippen LogP contribution in [-0.4, -0.2) is 23.5 Å². The number of carbonyl (C=O) groups is 2. The lowest BCUT2D eigenvalue weighted by Gasteiger charge is -2.12. The summed E-state index contributed by atoms with van der Waals surface area (Å²) >= 11 is 5.27. The van der Waals surface area contributed by atoms with Crippen LogP contribution in [0.1, 0.15) is 29.8 Å². The molecule has 0 spiro atoms. The Bertz CT molecular complexity index is 1100. The van der Waals surface area contributed by atoms with Gasteiger partial charge in [0.05, 0.1) is 13.0 Å². The van der Waals surface area contributed by atoms with Crippen molar-refractivity contribution in [2.75, 3.05) is 17.2 Å². The molecule has 0 atom stereocenters. The average Bonchev–Trinajstić information content (AvgIpc) is 2.78. The maximum Gasteiger partial charge on any atom is 0.257 e. The summed E-state index contributed by atoms with van der Waals surface area (Å²) in [5, 5.41) is 8.67. The lowest BCUT2D eigenvalue weighted by Crippen LogP contribution is -2.34. The van der Waals surface area contributed by atoms with E-state index in [0.29, 0.717) is 35.2 Å². The van der Waals surface area contributed by atoms with Gasteiger partial charge in [-0.25, -0.2) is 0 Å². The Morgan fingerprint density at radius 2 is 1.55 bits per heavy atom. The first-order valence-electron chi connectivity index (χ1n) is 10.7. The largest absolute Gasteiger partial charge is 0.493 e. The third kappa shape index (κ3) is 8.05. The molecule has 3 aromatic carbocycles. The van der Waals surface area contributed by atoms with Crippen LogP contribution < -0.4 is 20.7 Å². The van der Waals surface area contributed by atoms with Gasteiger partial charge >= 0.3 is 0 Å². The Kier molecular flexibility index (Phi) is 8.55. The molecule has 0 radical (unpaired) electrons. The molecule has 0 saturated heterocycles. The molecule has 0 unspecified atom stereocenters. The van der Waals surface area contributed by atoms with Gasteiger partial charge in [0.15, 0.2) is 5.11 Å². The minimum atomic E-state index is -0.324. The summed E-state index contributed by atoms with van der Waals surface area (Å²) in [6, 6.07) is 23.6. The maximum atomic E-state index is 12.5. The maximum absolute atomic E-state index is 12.5. The number of hydrogen-bond donors (Lipinski definition) is 3. The molecular weight excluding hydrogens is 434 g/mol. The molecule has 0 saturated carbocycles. The van der Waals surface area contributed by atoms with Crippen LogP contribution in [-0.2, 0) is 11.2 Å². The second-order valence-corrected chi connectivity index (χ2v) is 8.34. The highest BCUT2D eigenvalue weighted by molar-refractivity contribution is 7.80. The van der Waals surface area contributed by atoms with Crippen LogP contribution >= 0.6 is 12.2 Å². The van der Waals surface area contributed by atoms with E-state index in [2.05, 4.69) is 29.8 Å². The van der Waals surface area contributed by atoms with Crippen molar-refractivity contribution in [1.82, 2.24) is 5.32 Å². The smallest absolute Gasteiger partial charge is 0.257 e. The molecule has 3 aromatic rings. The summed E-state index contributed by atoms with van der Waals surface area (Å²) in [6.45, 7) is 4.76. The fourth-order valence-electron chi connectivity index (χ4n) is 2.96. The van der Waals surface area contributed by atoms with Crippen LogP contribution in [0.25, 0.3) is 0 Å². The van der Waals surface area contributed by atoms with E-state index in [1.807, 2.05) is 30.3 Å². The van der Waals surface area contributed by atoms with Gasteiger partial charge < -0.3 is 15.4 Å². The van der Waals surface area contributed by atoms with E-state index >= 15 is 0 Å². The molecular formula is C26H27N3O3S. The molecule has 7 heteroatoms. The predicted octanol–water partition coefficient (Wildman–Crippen LogP) is 5.03. The monoisotopic (exact) mass is 461 g/mol. The molecule has 0 bridgehead atoms. The predicted molar refractivity (Wildman–Crippen MR) is 136 cm³/mol. The summed E-state index contributed by atoms with van der Waals surface area (Å²) < 4.78 is 5.63. The van der Waals surface area contributed by atoms with Gasteiger partial charge in [-0.3, -0.25) is 14.9 Å². The summed E-state index contributed by atoms with van der Waals surface area (Å²) in [7, 11) is 0. The standard InChI is InChI=1S/C26H27N3O3S/c1-18(2)17-32-23-13-11-20(12-14-23)25(31)29-26(33)28-22-10-6-9-21(16-22)27-24(30)15-19-7-4-3-5-8-19/h3-14,16,18H,15,17H2,1-2H3,(H,27,30)(H2,28,29,31,33). The topological polar surface area (TPSA) is 79.5 Å². The quantitative estimate of drug-likeness (QED) is 0.410. The second-order valence-electron chi connectivity index (χ2n) is 7.93. The van der Waals surface area contributed by atoms with Crippen molar-refractivity contribution in [1.29, 1.82) is 0 Å². The number of thiocarbonyl (C=S) groups is 1. The van der Waals surface area contributed by atoms with Gasteiger partial charge in [0.2, 0.25) is 5.91 Å². The Labute approximate surface area is 199 Å². The zero-order valence-electron chi connectivity index (χ0n) is 18.6. The molecule has 0 aliphatic rings. The Balaban J connectivity index is 1.51. The highest BCUT2D eigenvalue weighted by atomic mass is 32.1. The number of carbonyl (C=O) groups excluding carboxylic acids is 2. The minimum Gasteiger partial charge on any atom is -0.493 e. The van der Waals surface area contributed by atoms with Crippen molar-refractivity contribution in [2.45, 2.75) is 20.3 Å². The zero-order valence-corrected chi connectivity index (χ0v) is 19.4. The molecule has 0 aromatic heterocycles. The molecule has 3 rings (SSSR count). The van der Waals surface area contributed by atoms with Crippen LogP contribution in [0.15, 0.2) is 78.9 Å². The fourth-order valence-corrected chi connectivity index (χ4v) is 3.17. The van der Waals surface area contributed by atoms with Crippen molar-refractivity contribution in [3.63, 3.8) is 0 Å². The van der Waals surface area contributed by atoms with E-state index in [9.17, 15) is 9.59 Å². The molecule has 33 heavy (non-hydrogen) atoms. The van der Waals surface area contributed by atoms with Gasteiger partial charge in [-0.2, -0.15) is 0 Å². The number of ether oxygens (including phenoxy) is 1. The van der Waals surface area contributed by atoms with Crippen LogP contribution in [0.5, 0.6) is 5.75 Å². The molecule has 0 aliphatic heterocycles. The molecule has 170 valence electrons. The first kappa shape index (κ1) is 23.9. The van der Waals surface area contributed by atoms with Crippen molar-refractivity contribution >= 4 is 40.5 Å². The highest BCUT2D eigenvalue weighted by Crippen LogP contribution is 2.16. The van der Waals surface area contributed by atoms with Crippen molar-refractivity contribution < 1.29 is 14.3 Å². The van der Waals surface area contributed by atoms with Gasteiger partial charge in [-0.15, -0.1) is 0 Å². The summed E-state index contributed by atoms with van der Waals surface area (Å²) in [4.78, 5) is 24.8. The molecule has 6 nitrogen and oxygen atoms in total. The second kappa shape index (κ2) is 11.8. The molecule has 0 fully saturated rings. The Hall–Kier alpha value is -3.71. The fraction of sp³-hybridized carbons (Fsp3) is 0.192. The van der Waals surface area contributed by atoms with Gasteiger partial charge in [-0.05, 0) is 66.2 Å². The van der Waals surface area contributed by atoms with Gasteiger partial charge in [-0.1, -0.05) is 50.2 Å². The normalized spacial score (nSPS) is 10.4. The molecule has 0 aliphatic carbocycles.